The van der Waals surface area contributed by atoms with E-state index in [0.717, 1.165) is 27.9 Å². The highest BCUT2D eigenvalue weighted by Gasteiger charge is 2.20. The lowest BCUT2D eigenvalue weighted by atomic mass is 10.1. The Morgan fingerprint density at radius 3 is 1.39 bits per heavy atom. The Bertz CT molecular complexity index is 3160. The first-order valence-electron chi connectivity index (χ1n) is 17.5. The average molecular weight is 650 g/mol. The number of rotatable bonds is 3. The van der Waals surface area contributed by atoms with Crippen LogP contribution in [-0.4, -0.2) is 13.5 Å². The third-order valence-corrected chi connectivity index (χ3v) is 10.6. The molecule has 238 valence electrons. The van der Waals surface area contributed by atoms with Gasteiger partial charge in [0.15, 0.2) is 0 Å². The number of para-hydroxylation sites is 5. The lowest BCUT2D eigenvalue weighted by Gasteiger charge is -2.17. The van der Waals surface area contributed by atoms with Gasteiger partial charge < -0.3 is 13.5 Å². The van der Waals surface area contributed by atoms with Gasteiger partial charge in [-0.15, -0.1) is 0 Å². The SMILES string of the molecule is c1ccc(-c2ccc(-n3c4ccccc4c4cc5c(cc43)n3c4ccccc4c4cccc(c6ccccc6n5-c5ccccc5)c43)cc2)cc1. The Hall–Kier alpha value is -6.84. The molecule has 11 rings (SSSR count). The molecule has 0 radical (unpaired) electrons. The van der Waals surface area contributed by atoms with Crippen LogP contribution in [0.1, 0.15) is 0 Å². The van der Waals surface area contributed by atoms with Crippen molar-refractivity contribution in [3.63, 3.8) is 0 Å². The lowest BCUT2D eigenvalue weighted by Crippen LogP contribution is -2.02. The molecule has 0 spiro atoms. The summed E-state index contributed by atoms with van der Waals surface area (Å²) >= 11 is 0. The Kier molecular flexibility index (Phi) is 5.96. The fourth-order valence-corrected chi connectivity index (χ4v) is 8.43. The van der Waals surface area contributed by atoms with Gasteiger partial charge in [0.2, 0.25) is 0 Å². The lowest BCUT2D eigenvalue weighted by molar-refractivity contribution is 1.15. The van der Waals surface area contributed by atoms with Crippen molar-refractivity contribution < 1.29 is 0 Å². The Balaban J connectivity index is 1.38. The fourth-order valence-electron chi connectivity index (χ4n) is 8.43. The van der Waals surface area contributed by atoms with E-state index in [1.165, 1.54) is 65.5 Å². The van der Waals surface area contributed by atoms with Gasteiger partial charge in [-0.3, -0.25) is 0 Å². The van der Waals surface area contributed by atoms with Gasteiger partial charge in [-0.1, -0.05) is 133 Å². The Labute approximate surface area is 294 Å². The zero-order chi connectivity index (χ0) is 33.5. The van der Waals surface area contributed by atoms with Gasteiger partial charge in [0.05, 0.1) is 38.6 Å². The van der Waals surface area contributed by atoms with E-state index in [1.54, 1.807) is 0 Å². The van der Waals surface area contributed by atoms with E-state index in [9.17, 15) is 0 Å². The number of nitrogens with zero attached hydrogens (tertiary/aromatic N) is 3. The summed E-state index contributed by atoms with van der Waals surface area (Å²) in [6.45, 7) is 0. The van der Waals surface area contributed by atoms with Gasteiger partial charge in [-0.25, -0.2) is 0 Å². The zero-order valence-electron chi connectivity index (χ0n) is 27.7. The van der Waals surface area contributed by atoms with Crippen LogP contribution in [0.15, 0.2) is 188 Å². The predicted octanol–water partition coefficient (Wildman–Crippen LogP) is 12.7. The molecule has 3 heteroatoms. The molecular formula is C48H31N3. The second-order valence-corrected chi connectivity index (χ2v) is 13.4. The molecule has 8 aromatic carbocycles. The minimum atomic E-state index is 1.12. The molecule has 0 aliphatic heterocycles. The van der Waals surface area contributed by atoms with Crippen molar-refractivity contribution in [1.82, 2.24) is 13.5 Å². The first-order valence-corrected chi connectivity index (χ1v) is 17.5. The molecule has 0 atom stereocenters. The number of hydrogen-bond donors (Lipinski definition) is 0. The van der Waals surface area contributed by atoms with Gasteiger partial charge in [0, 0.05) is 43.7 Å². The summed E-state index contributed by atoms with van der Waals surface area (Å²) in [5, 5.41) is 7.40. The number of fused-ring (bicyclic) bond motifs is 10. The summed E-state index contributed by atoms with van der Waals surface area (Å²) in [6.07, 6.45) is 0. The topological polar surface area (TPSA) is 14.3 Å². The van der Waals surface area contributed by atoms with E-state index >= 15 is 0 Å². The molecule has 0 bridgehead atoms. The highest BCUT2D eigenvalue weighted by atomic mass is 15.0. The van der Waals surface area contributed by atoms with Crippen molar-refractivity contribution in [1.29, 1.82) is 0 Å². The standard InChI is InChI=1S/C48H31N3/c1-3-14-32(15-4-1)33-26-28-35(29-27-33)49-43-24-11-9-20-38(43)41-30-46-47(31-45(41)49)51-44-25-12-8-19-37(44)40-22-13-21-39(48(40)51)36-18-7-10-23-42(36)50(46)34-16-5-2-6-17-34/h1-31H. The van der Waals surface area contributed by atoms with E-state index in [4.69, 9.17) is 0 Å². The molecule has 3 aromatic heterocycles. The maximum absolute atomic E-state index is 2.52. The van der Waals surface area contributed by atoms with Crippen LogP contribution < -0.4 is 0 Å². The summed E-state index contributed by atoms with van der Waals surface area (Å²) in [7, 11) is 0. The molecule has 0 N–H and O–H groups in total. The number of hydrogen-bond acceptors (Lipinski definition) is 0. The molecule has 0 aliphatic carbocycles. The minimum absolute atomic E-state index is 1.12. The fraction of sp³-hybridized carbons (Fsp3) is 0. The molecule has 0 saturated carbocycles. The highest BCUT2D eigenvalue weighted by molar-refractivity contribution is 6.21. The molecule has 0 aliphatic rings. The molecule has 0 unspecified atom stereocenters. The quantitative estimate of drug-likeness (QED) is 0.181. The summed E-state index contributed by atoms with van der Waals surface area (Å²) < 4.78 is 7.41. The van der Waals surface area contributed by atoms with Crippen LogP contribution in [0.2, 0.25) is 0 Å². The second-order valence-electron chi connectivity index (χ2n) is 13.4. The van der Waals surface area contributed by atoms with E-state index in [1.807, 2.05) is 0 Å². The third kappa shape index (κ3) is 4.06. The predicted molar refractivity (Wildman–Crippen MR) is 215 cm³/mol. The van der Waals surface area contributed by atoms with Crippen LogP contribution >= 0.6 is 0 Å². The smallest absolute Gasteiger partial charge is 0.0724 e. The molecule has 0 fully saturated rings. The average Bonchev–Trinajstić information content (AvgIpc) is 3.71. The molecular weight excluding hydrogens is 619 g/mol. The van der Waals surface area contributed by atoms with Crippen LogP contribution in [0, 0.1) is 0 Å². The summed E-state index contributed by atoms with van der Waals surface area (Å²) in [5.41, 5.74) is 12.9. The van der Waals surface area contributed by atoms with Crippen molar-refractivity contribution in [2.75, 3.05) is 0 Å². The largest absolute Gasteiger partial charge is 0.309 e. The maximum atomic E-state index is 2.52. The second kappa shape index (κ2) is 10.8. The zero-order valence-corrected chi connectivity index (χ0v) is 27.7. The molecule has 0 amide bonds. The van der Waals surface area contributed by atoms with Crippen molar-refractivity contribution in [3.05, 3.63) is 188 Å². The highest BCUT2D eigenvalue weighted by Crippen LogP contribution is 2.41. The Morgan fingerprint density at radius 2 is 0.725 bits per heavy atom. The number of benzene rings is 8. The molecule has 11 aromatic rings. The minimum Gasteiger partial charge on any atom is -0.309 e. The van der Waals surface area contributed by atoms with Gasteiger partial charge in [0.1, 0.15) is 0 Å². The van der Waals surface area contributed by atoms with Gasteiger partial charge >= 0.3 is 0 Å². The van der Waals surface area contributed by atoms with Crippen LogP contribution in [0.4, 0.5) is 0 Å². The van der Waals surface area contributed by atoms with E-state index in [-0.39, 0.29) is 0 Å². The van der Waals surface area contributed by atoms with E-state index < -0.39 is 0 Å². The Morgan fingerprint density at radius 1 is 0.255 bits per heavy atom. The molecule has 51 heavy (non-hydrogen) atoms. The number of aromatic nitrogens is 3. The normalized spacial score (nSPS) is 11.9. The summed E-state index contributed by atoms with van der Waals surface area (Å²) in [4.78, 5) is 0. The summed E-state index contributed by atoms with van der Waals surface area (Å²) in [5.74, 6) is 0. The van der Waals surface area contributed by atoms with Crippen LogP contribution in [0.25, 0.3) is 93.4 Å². The molecule has 3 heterocycles. The first kappa shape index (κ1) is 28.0. The van der Waals surface area contributed by atoms with Crippen LogP contribution in [-0.2, 0) is 0 Å². The van der Waals surface area contributed by atoms with Gasteiger partial charge in [-0.2, -0.15) is 0 Å². The monoisotopic (exact) mass is 649 g/mol. The van der Waals surface area contributed by atoms with Gasteiger partial charge in [0.25, 0.3) is 0 Å². The molecule has 0 saturated heterocycles. The van der Waals surface area contributed by atoms with Crippen molar-refractivity contribution in [2.24, 2.45) is 0 Å². The van der Waals surface area contributed by atoms with E-state index in [2.05, 4.69) is 202 Å². The van der Waals surface area contributed by atoms with E-state index in [0.29, 0.717) is 0 Å². The van der Waals surface area contributed by atoms with Crippen LogP contribution in [0.5, 0.6) is 0 Å². The third-order valence-electron chi connectivity index (χ3n) is 10.6. The van der Waals surface area contributed by atoms with Crippen molar-refractivity contribution in [2.45, 2.75) is 0 Å². The van der Waals surface area contributed by atoms with Crippen LogP contribution in [0.3, 0.4) is 0 Å². The first-order chi connectivity index (χ1) is 25.3. The van der Waals surface area contributed by atoms with Crippen molar-refractivity contribution in [3.8, 4) is 22.5 Å². The summed E-state index contributed by atoms with van der Waals surface area (Å²) in [6, 6.07) is 68.6. The molecule has 3 nitrogen and oxygen atoms in total. The maximum Gasteiger partial charge on any atom is 0.0724 e. The van der Waals surface area contributed by atoms with Crippen molar-refractivity contribution >= 4 is 70.9 Å². The van der Waals surface area contributed by atoms with Gasteiger partial charge in [-0.05, 0) is 65.7 Å².